The molecule has 0 N–H and O–H groups in total. The van der Waals surface area contributed by atoms with Crippen molar-refractivity contribution in [2.24, 2.45) is 0 Å². The van der Waals surface area contributed by atoms with E-state index in [4.69, 9.17) is 4.74 Å². The van der Waals surface area contributed by atoms with Crippen molar-refractivity contribution in [3.63, 3.8) is 0 Å². The summed E-state index contributed by atoms with van der Waals surface area (Å²) in [5.41, 5.74) is 0. The molecule has 10 heterocycles. The zero-order valence-corrected chi connectivity index (χ0v) is 11.8. The Balaban J connectivity index is 1.47. The van der Waals surface area contributed by atoms with E-state index in [9.17, 15) is 4.79 Å². The topological polar surface area (TPSA) is 26.3 Å². The fourth-order valence-electron chi connectivity index (χ4n) is 17.9. The van der Waals surface area contributed by atoms with Crippen LogP contribution in [-0.2, 0) is 16.0 Å². The van der Waals surface area contributed by atoms with Crippen molar-refractivity contribution in [1.82, 2.24) is 0 Å². The third kappa shape index (κ3) is 0.0710. The number of carbonyl (C=O) groups is 1. The molecule has 5 unspecified atom stereocenters. The first kappa shape index (κ1) is 7.13. The summed E-state index contributed by atoms with van der Waals surface area (Å²) >= 11 is 0. The molecule has 5 atom stereocenters. The minimum absolute atomic E-state index is 0.00202. The summed E-state index contributed by atoms with van der Waals surface area (Å²) in [6, 6.07) is 0. The SMILES string of the molecule is CCC(OC(C)=O)[C]12[CH]3[CH]4[CH]5[CH]1[Fe]45321678[CH]2[CH]1[CH]6[CH]7[CH]28. The van der Waals surface area contributed by atoms with Gasteiger partial charge in [0.1, 0.15) is 0 Å². The quantitative estimate of drug-likeness (QED) is 0.577. The van der Waals surface area contributed by atoms with Gasteiger partial charge in [0.2, 0.25) is 0 Å². The molecule has 0 radical (unpaired) electrons. The summed E-state index contributed by atoms with van der Waals surface area (Å²) in [5.74, 6) is -0.00202. The fourth-order valence-corrected chi connectivity index (χ4v) is 93.0. The second-order valence-corrected chi connectivity index (χ2v) is 34.8. The van der Waals surface area contributed by atoms with Crippen molar-refractivity contribution >= 4 is 5.97 Å². The third-order valence-electron chi connectivity index (χ3n) is 16.0. The summed E-state index contributed by atoms with van der Waals surface area (Å²) in [7, 11) is 0. The average molecular weight is 286 g/mol. The molecule has 98 valence electrons. The van der Waals surface area contributed by atoms with Crippen LogP contribution in [0.1, 0.15) is 20.3 Å². The van der Waals surface area contributed by atoms with E-state index < -0.39 is 6.51 Å². The standard InChI is InChI=1S/C10H13O2.C5H5.Fe/c1-3-10(12-8(2)11)9-6-4-5-7-9;1-2-4-5-3-1;/h4-7,10H,3H2,1-2H3;1-5H;. The Hall–Kier alpha value is -0.0105. The predicted molar refractivity (Wildman–Crippen MR) is 62.3 cm³/mol. The van der Waals surface area contributed by atoms with E-state index in [2.05, 4.69) is 6.92 Å². The van der Waals surface area contributed by atoms with E-state index in [1.54, 1.807) is 6.92 Å². The summed E-state index contributed by atoms with van der Waals surface area (Å²) in [4.78, 5) is 23.5. The van der Waals surface area contributed by atoms with Gasteiger partial charge in [0, 0.05) is 0 Å². The number of rotatable bonds is 3. The first-order chi connectivity index (χ1) is 8.42. The molecule has 0 aliphatic carbocycles. The number of carbonyl (C=O) groups excluding carboxylic acids is 1. The zero-order chi connectivity index (χ0) is 11.6. The van der Waals surface area contributed by atoms with Gasteiger partial charge in [0.05, 0.1) is 0 Å². The van der Waals surface area contributed by atoms with Crippen LogP contribution in [0.4, 0.5) is 0 Å². The average Bonchev–Trinajstić information content (AvgIpc) is 3.26. The molecular formula is C15H18FeO2. The second kappa shape index (κ2) is 0.587. The van der Waals surface area contributed by atoms with Crippen LogP contribution in [0.3, 0.4) is 0 Å². The molecule has 1 spiro atoms. The van der Waals surface area contributed by atoms with Gasteiger partial charge in [-0.05, 0) is 0 Å². The molecule has 2 nitrogen and oxygen atoms in total. The number of fused-ring (bicyclic) bond motifs is 10. The van der Waals surface area contributed by atoms with E-state index in [0.29, 0.717) is 6.10 Å². The summed E-state index contributed by atoms with van der Waals surface area (Å²) in [5, 5.41) is 0. The summed E-state index contributed by atoms with van der Waals surface area (Å²) < 4.78 is 6.67. The molecule has 10 rings (SSSR count). The first-order valence-corrected chi connectivity index (χ1v) is 14.1. The molecule has 0 amide bonds. The van der Waals surface area contributed by atoms with Gasteiger partial charge in [-0.2, -0.15) is 0 Å². The zero-order valence-electron chi connectivity index (χ0n) is 10.7. The molecule has 10 saturated heterocycles. The van der Waals surface area contributed by atoms with Crippen LogP contribution < -0.4 is 0 Å². The van der Waals surface area contributed by atoms with E-state index >= 15 is 0 Å². The van der Waals surface area contributed by atoms with Crippen LogP contribution in [0, 0.1) is 0 Å². The van der Waals surface area contributed by atoms with Gasteiger partial charge in [0.25, 0.3) is 0 Å². The van der Waals surface area contributed by atoms with E-state index in [-0.39, 0.29) is 5.97 Å². The van der Waals surface area contributed by atoms with Crippen LogP contribution in [0.2, 0.25) is 47.7 Å². The molecule has 3 heteroatoms. The Bertz CT molecular complexity index is 927. The molecular weight excluding hydrogens is 268 g/mol. The monoisotopic (exact) mass is 286 g/mol. The number of hydrogen-bond donors (Lipinski definition) is 0. The number of ether oxygens (including phenoxy) is 1. The Kier molecular flexibility index (Phi) is 0.233. The second-order valence-electron chi connectivity index (χ2n) is 11.2. The van der Waals surface area contributed by atoms with Gasteiger partial charge in [0.15, 0.2) is 0 Å². The predicted octanol–water partition coefficient (Wildman–Crippen LogP) is 4.09. The molecule has 0 aromatic carbocycles. The number of hydrogen-bond acceptors (Lipinski definition) is 2. The molecule has 0 aromatic heterocycles. The van der Waals surface area contributed by atoms with Crippen molar-refractivity contribution in [3.05, 3.63) is 0 Å². The number of esters is 1. The van der Waals surface area contributed by atoms with E-state index in [1.807, 2.05) is 0 Å². The Labute approximate surface area is 96.1 Å². The Morgan fingerprint density at radius 1 is 1.11 bits per heavy atom. The van der Waals surface area contributed by atoms with E-state index in [1.165, 1.54) is 43.3 Å². The fraction of sp³-hybridized carbons (Fsp3) is 0.933. The molecule has 10 fully saturated rings. The molecule has 0 bridgehead atoms. The molecule has 10 aliphatic heterocycles. The molecule has 10 aliphatic rings. The van der Waals surface area contributed by atoms with Gasteiger partial charge < -0.3 is 0 Å². The minimum atomic E-state index is -3.01. The van der Waals surface area contributed by atoms with Crippen LogP contribution in [0.15, 0.2) is 0 Å². The Morgan fingerprint density at radius 2 is 1.61 bits per heavy atom. The first-order valence-electron chi connectivity index (χ1n) is 7.81. The van der Waals surface area contributed by atoms with Crippen LogP contribution in [0.5, 0.6) is 0 Å². The van der Waals surface area contributed by atoms with Gasteiger partial charge in [-0.15, -0.1) is 0 Å². The van der Waals surface area contributed by atoms with Gasteiger partial charge in [-0.3, -0.25) is 0 Å². The summed E-state index contributed by atoms with van der Waals surface area (Å²) in [6.07, 6.45) is 1.49. The summed E-state index contributed by atoms with van der Waals surface area (Å²) in [6.45, 7) is 0.902. The maximum atomic E-state index is 11.5. The van der Waals surface area contributed by atoms with Crippen molar-refractivity contribution in [3.8, 4) is 0 Å². The van der Waals surface area contributed by atoms with E-state index in [0.717, 1.165) is 10.7 Å². The van der Waals surface area contributed by atoms with Crippen molar-refractivity contribution in [2.75, 3.05) is 0 Å². The van der Waals surface area contributed by atoms with Gasteiger partial charge in [-0.1, -0.05) is 0 Å². The van der Waals surface area contributed by atoms with Crippen LogP contribution in [-0.4, -0.2) is 12.1 Å². The normalized spacial score (nSPS) is 115. The maximum absolute atomic E-state index is 11.5. The third-order valence-corrected chi connectivity index (χ3v) is 58.6. The van der Waals surface area contributed by atoms with Crippen molar-refractivity contribution in [2.45, 2.75) is 74.0 Å². The van der Waals surface area contributed by atoms with Crippen molar-refractivity contribution in [1.29, 1.82) is 0 Å². The molecule has 0 saturated carbocycles. The van der Waals surface area contributed by atoms with Crippen LogP contribution in [0.25, 0.3) is 0 Å². The molecule has 0 aromatic rings. The van der Waals surface area contributed by atoms with Gasteiger partial charge in [-0.25, -0.2) is 0 Å². The Morgan fingerprint density at radius 3 is 1.83 bits per heavy atom. The molecule has 18 heavy (non-hydrogen) atoms. The van der Waals surface area contributed by atoms with Gasteiger partial charge >= 0.3 is 96.0 Å². The van der Waals surface area contributed by atoms with Crippen LogP contribution >= 0.6 is 0 Å². The van der Waals surface area contributed by atoms with Crippen molar-refractivity contribution < 1.29 is 16.0 Å².